The normalized spacial score (nSPS) is 25.6. The minimum Gasteiger partial charge on any atom is -0.316 e. The Morgan fingerprint density at radius 2 is 2.12 bits per heavy atom. The van der Waals surface area contributed by atoms with Crippen molar-refractivity contribution in [3.63, 3.8) is 0 Å². The van der Waals surface area contributed by atoms with Gasteiger partial charge in [0.1, 0.15) is 0 Å². The van der Waals surface area contributed by atoms with Gasteiger partial charge in [-0.1, -0.05) is 5.92 Å². The predicted molar refractivity (Wildman–Crippen MR) is 68.2 cm³/mol. The van der Waals surface area contributed by atoms with Crippen LogP contribution in [0.5, 0.6) is 0 Å². The Morgan fingerprint density at radius 1 is 1.25 bits per heavy atom. The molecule has 16 heavy (non-hydrogen) atoms. The van der Waals surface area contributed by atoms with Gasteiger partial charge in [-0.3, -0.25) is 4.90 Å². The maximum atomic E-state index is 5.43. The van der Waals surface area contributed by atoms with Gasteiger partial charge in [-0.2, -0.15) is 0 Å². The molecule has 0 amide bonds. The van der Waals surface area contributed by atoms with Crippen molar-refractivity contribution in [2.75, 3.05) is 32.7 Å². The third-order valence-electron chi connectivity index (χ3n) is 3.78. The first-order valence-electron chi connectivity index (χ1n) is 6.75. The summed E-state index contributed by atoms with van der Waals surface area (Å²) in [5.41, 5.74) is 0. The minimum absolute atomic E-state index is 0.844. The molecule has 1 saturated heterocycles. The van der Waals surface area contributed by atoms with E-state index in [1.54, 1.807) is 0 Å². The van der Waals surface area contributed by atoms with Gasteiger partial charge in [-0.05, 0) is 63.6 Å². The van der Waals surface area contributed by atoms with E-state index < -0.39 is 0 Å². The van der Waals surface area contributed by atoms with E-state index in [0.29, 0.717) is 0 Å². The van der Waals surface area contributed by atoms with Crippen molar-refractivity contribution in [1.82, 2.24) is 10.2 Å². The van der Waals surface area contributed by atoms with Crippen molar-refractivity contribution in [2.24, 2.45) is 11.8 Å². The number of hydrogen-bond acceptors (Lipinski definition) is 2. The van der Waals surface area contributed by atoms with Crippen LogP contribution in [-0.2, 0) is 0 Å². The van der Waals surface area contributed by atoms with Gasteiger partial charge in [0, 0.05) is 6.54 Å². The van der Waals surface area contributed by atoms with Gasteiger partial charge in [-0.25, -0.2) is 0 Å². The van der Waals surface area contributed by atoms with Crippen molar-refractivity contribution in [2.45, 2.75) is 32.1 Å². The van der Waals surface area contributed by atoms with Crippen molar-refractivity contribution in [3.05, 3.63) is 0 Å². The molecule has 0 aromatic rings. The fourth-order valence-electron chi connectivity index (χ4n) is 2.57. The van der Waals surface area contributed by atoms with Gasteiger partial charge < -0.3 is 5.32 Å². The summed E-state index contributed by atoms with van der Waals surface area (Å²) in [5.74, 6) is 4.64. The van der Waals surface area contributed by atoms with Crippen LogP contribution in [0.4, 0.5) is 0 Å². The Morgan fingerprint density at radius 3 is 2.75 bits per heavy atom. The second-order valence-electron chi connectivity index (χ2n) is 5.38. The molecule has 1 aliphatic carbocycles. The fraction of sp³-hybridized carbons (Fsp3) is 0.857. The lowest BCUT2D eigenvalue weighted by atomic mass is 9.96. The quantitative estimate of drug-likeness (QED) is 0.686. The van der Waals surface area contributed by atoms with Gasteiger partial charge in [-0.15, -0.1) is 6.42 Å². The molecule has 0 spiro atoms. The molecule has 0 bridgehead atoms. The number of hydrogen-bond donors (Lipinski definition) is 1. The SMILES string of the molecule is C#CCN(CCC1CCCNC1)CC1CC1. The highest BCUT2D eigenvalue weighted by Crippen LogP contribution is 2.29. The van der Waals surface area contributed by atoms with E-state index in [9.17, 15) is 0 Å². The van der Waals surface area contributed by atoms with E-state index in [1.807, 2.05) is 0 Å². The van der Waals surface area contributed by atoms with Crippen molar-refractivity contribution in [3.8, 4) is 12.3 Å². The number of nitrogens with one attached hydrogen (secondary N) is 1. The first-order chi connectivity index (χ1) is 7.88. The second kappa shape index (κ2) is 6.27. The fourth-order valence-corrected chi connectivity index (χ4v) is 2.57. The van der Waals surface area contributed by atoms with Crippen LogP contribution in [0.3, 0.4) is 0 Å². The Labute approximate surface area is 99.8 Å². The molecule has 1 unspecified atom stereocenters. The first kappa shape index (κ1) is 12.0. The number of nitrogens with zero attached hydrogens (tertiary/aromatic N) is 1. The summed E-state index contributed by atoms with van der Waals surface area (Å²) in [4.78, 5) is 2.48. The third-order valence-corrected chi connectivity index (χ3v) is 3.78. The molecule has 90 valence electrons. The summed E-state index contributed by atoms with van der Waals surface area (Å²) in [5, 5.41) is 3.48. The molecule has 0 aromatic carbocycles. The minimum atomic E-state index is 0.844. The zero-order valence-electron chi connectivity index (χ0n) is 10.3. The first-order valence-corrected chi connectivity index (χ1v) is 6.75. The van der Waals surface area contributed by atoms with Crippen LogP contribution in [0.2, 0.25) is 0 Å². The van der Waals surface area contributed by atoms with Crippen LogP contribution < -0.4 is 5.32 Å². The van der Waals surface area contributed by atoms with Crippen LogP contribution in [0, 0.1) is 24.2 Å². The lowest BCUT2D eigenvalue weighted by Crippen LogP contribution is -2.34. The van der Waals surface area contributed by atoms with Crippen LogP contribution in [-0.4, -0.2) is 37.6 Å². The lowest BCUT2D eigenvalue weighted by molar-refractivity contribution is 0.250. The summed E-state index contributed by atoms with van der Waals surface area (Å²) in [6, 6.07) is 0. The molecule has 2 nitrogen and oxygen atoms in total. The van der Waals surface area contributed by atoms with Gasteiger partial charge in [0.15, 0.2) is 0 Å². The molecule has 2 rings (SSSR count). The molecule has 1 saturated carbocycles. The summed E-state index contributed by atoms with van der Waals surface area (Å²) in [6.07, 6.45) is 12.3. The Balaban J connectivity index is 1.65. The molecule has 2 aliphatic rings. The molecule has 0 radical (unpaired) electrons. The molecule has 1 heterocycles. The van der Waals surface area contributed by atoms with E-state index in [-0.39, 0.29) is 0 Å². The standard InChI is InChI=1S/C14H24N2/c1-2-9-16(12-14-5-6-14)10-7-13-4-3-8-15-11-13/h1,13-15H,3-12H2. The molecule has 0 aromatic heterocycles. The van der Waals surface area contributed by atoms with Crippen molar-refractivity contribution >= 4 is 0 Å². The van der Waals surface area contributed by atoms with Gasteiger partial charge in [0.2, 0.25) is 0 Å². The lowest BCUT2D eigenvalue weighted by Gasteiger charge is -2.26. The second-order valence-corrected chi connectivity index (χ2v) is 5.38. The van der Waals surface area contributed by atoms with Crippen molar-refractivity contribution in [1.29, 1.82) is 0 Å². The average Bonchev–Trinajstić information content (AvgIpc) is 3.12. The third kappa shape index (κ3) is 4.15. The molecular formula is C14H24N2. The Kier molecular flexibility index (Phi) is 4.69. The Bertz CT molecular complexity index is 234. The molecule has 1 N–H and O–H groups in total. The van der Waals surface area contributed by atoms with E-state index in [2.05, 4.69) is 16.1 Å². The highest BCUT2D eigenvalue weighted by atomic mass is 15.1. The van der Waals surface area contributed by atoms with Crippen LogP contribution in [0.25, 0.3) is 0 Å². The highest BCUT2D eigenvalue weighted by molar-refractivity contribution is 4.90. The smallest absolute Gasteiger partial charge is 0.0599 e. The summed E-state index contributed by atoms with van der Waals surface area (Å²) in [6.45, 7) is 5.72. The average molecular weight is 220 g/mol. The highest BCUT2D eigenvalue weighted by Gasteiger charge is 2.24. The van der Waals surface area contributed by atoms with Crippen LogP contribution >= 0.6 is 0 Å². The van der Waals surface area contributed by atoms with E-state index in [4.69, 9.17) is 6.42 Å². The van der Waals surface area contributed by atoms with E-state index >= 15 is 0 Å². The summed E-state index contributed by atoms with van der Waals surface area (Å²) >= 11 is 0. The van der Waals surface area contributed by atoms with Gasteiger partial charge >= 0.3 is 0 Å². The summed E-state index contributed by atoms with van der Waals surface area (Å²) in [7, 11) is 0. The van der Waals surface area contributed by atoms with Gasteiger partial charge in [0.25, 0.3) is 0 Å². The largest absolute Gasteiger partial charge is 0.316 e. The van der Waals surface area contributed by atoms with Crippen LogP contribution in [0.15, 0.2) is 0 Å². The maximum absolute atomic E-state index is 5.43. The topological polar surface area (TPSA) is 15.3 Å². The van der Waals surface area contributed by atoms with Crippen LogP contribution in [0.1, 0.15) is 32.1 Å². The van der Waals surface area contributed by atoms with Crippen molar-refractivity contribution < 1.29 is 0 Å². The van der Waals surface area contributed by atoms with E-state index in [0.717, 1.165) is 18.4 Å². The monoisotopic (exact) mass is 220 g/mol. The maximum Gasteiger partial charge on any atom is 0.0599 e. The molecule has 1 aliphatic heterocycles. The summed E-state index contributed by atoms with van der Waals surface area (Å²) < 4.78 is 0. The predicted octanol–water partition coefficient (Wildman–Crippen LogP) is 1.72. The van der Waals surface area contributed by atoms with Gasteiger partial charge in [0.05, 0.1) is 6.54 Å². The van der Waals surface area contributed by atoms with E-state index in [1.165, 1.54) is 58.3 Å². The number of piperidine rings is 1. The molecule has 2 heteroatoms. The number of rotatable bonds is 6. The molecular weight excluding hydrogens is 196 g/mol. The molecule has 2 fully saturated rings. The zero-order valence-corrected chi connectivity index (χ0v) is 10.3. The zero-order chi connectivity index (χ0) is 11.2. The molecule has 1 atom stereocenters. The number of terminal acetylenes is 1. The Hall–Kier alpha value is -0.520.